The summed E-state index contributed by atoms with van der Waals surface area (Å²) in [5, 5.41) is 11.8. The number of carbonyl (C=O) groups is 4. The van der Waals surface area contributed by atoms with Gasteiger partial charge in [-0.25, -0.2) is 9.37 Å². The summed E-state index contributed by atoms with van der Waals surface area (Å²) in [7, 11) is 1.51. The van der Waals surface area contributed by atoms with Gasteiger partial charge in [0.2, 0.25) is 17.8 Å². The highest BCUT2D eigenvalue weighted by atomic mass is 35.5. The number of hydrogen-bond acceptors (Lipinski definition) is 12. The molecule has 4 fully saturated rings. The second-order valence-electron chi connectivity index (χ2n) is 17.2. The number of rotatable bonds is 12. The largest absolute Gasteiger partial charge is 0.478 e. The zero-order valence-electron chi connectivity index (χ0n) is 35.1. The third kappa shape index (κ3) is 9.05. The van der Waals surface area contributed by atoms with Crippen LogP contribution in [-0.2, 0) is 14.4 Å². The summed E-state index contributed by atoms with van der Waals surface area (Å²) in [6, 6.07) is 11.0. The van der Waals surface area contributed by atoms with Crippen molar-refractivity contribution >= 4 is 69.3 Å². The van der Waals surface area contributed by atoms with Crippen molar-refractivity contribution in [3.63, 3.8) is 0 Å². The van der Waals surface area contributed by atoms with Crippen LogP contribution in [-0.4, -0.2) is 109 Å². The molecular weight excluding hydrogens is 819 g/mol. The molecule has 62 heavy (non-hydrogen) atoms. The van der Waals surface area contributed by atoms with Crippen LogP contribution >= 0.6 is 11.6 Å². The molecule has 8 rings (SSSR count). The van der Waals surface area contributed by atoms with E-state index in [1.807, 2.05) is 36.9 Å². The summed E-state index contributed by atoms with van der Waals surface area (Å²) in [5.41, 5.74) is 1.66. The van der Waals surface area contributed by atoms with E-state index in [4.69, 9.17) is 21.3 Å². The van der Waals surface area contributed by atoms with Gasteiger partial charge in [-0.3, -0.25) is 29.3 Å². The van der Waals surface area contributed by atoms with Crippen molar-refractivity contribution in [1.29, 1.82) is 0 Å². The Labute approximate surface area is 363 Å². The van der Waals surface area contributed by atoms with Crippen molar-refractivity contribution in [3.8, 4) is 5.75 Å². The molecule has 6 heterocycles. The first kappa shape index (κ1) is 42.9. The molecule has 328 valence electrons. The average molecular weight is 871 g/mol. The van der Waals surface area contributed by atoms with Gasteiger partial charge in [0.05, 0.1) is 23.0 Å². The minimum atomic E-state index is -0.874. The molecule has 0 bridgehead atoms. The number of imide groups is 1. The van der Waals surface area contributed by atoms with E-state index < -0.39 is 23.7 Å². The fourth-order valence-corrected chi connectivity index (χ4v) is 9.36. The number of likely N-dealkylation sites (N-methyl/N-ethyl adjacent to an activating group) is 1. The smallest absolute Gasteiger partial charge is 0.293 e. The summed E-state index contributed by atoms with van der Waals surface area (Å²) in [5.74, 6) is -0.914. The Hall–Kier alpha value is -5.81. The SMILES string of the molecule is CNC(=O)COc1cc2cc(Nc3nc(N4CCC5(CC4)CN(CC4CCN(c6cccc(C(=O)NC7CCC(=O)NC7=O)c6F)CC4)C5)ncc3Cl)ccc2n(C(C)C)c1=O. The number of halogens is 2. The Morgan fingerprint density at radius 2 is 1.77 bits per heavy atom. The van der Waals surface area contributed by atoms with Gasteiger partial charge in [0, 0.05) is 76.4 Å². The van der Waals surface area contributed by atoms with E-state index in [9.17, 15) is 24.0 Å². The Bertz CT molecular complexity index is 2440. The number of nitrogens with zero attached hydrogens (tertiary/aromatic N) is 6. The lowest BCUT2D eigenvalue weighted by Gasteiger charge is -2.55. The summed E-state index contributed by atoms with van der Waals surface area (Å²) in [6.07, 6.45) is 5.80. The number of hydrogen-bond donors (Lipinski definition) is 4. The minimum Gasteiger partial charge on any atom is -0.478 e. The van der Waals surface area contributed by atoms with Crippen molar-refractivity contribution in [3.05, 3.63) is 75.4 Å². The summed E-state index contributed by atoms with van der Waals surface area (Å²) in [6.45, 7) is 9.67. The molecule has 0 saturated carbocycles. The first-order chi connectivity index (χ1) is 29.8. The standard InChI is InChI=1S/C44H52ClFN10O6/c1-26(2)56-33-9-7-29(19-28(33)20-35(42(56)61)62-23-37(58)47-3)49-39-31(45)21-48-43(52-39)55-17-13-44(14-18-55)24-53(25-44)22-27-11-15-54(16-12-27)34-6-4-5-30(38(34)46)40(59)50-32-8-10-36(57)51-41(32)60/h4-7,9,19-21,26-27,32H,8,10-18,22-25H2,1-3H3,(H,47,58)(H,50,59)(H,48,49,52)(H,51,57,60). The Morgan fingerprint density at radius 3 is 2.48 bits per heavy atom. The number of amides is 4. The number of piperidine rings is 3. The third-order valence-corrected chi connectivity index (χ3v) is 12.9. The van der Waals surface area contributed by atoms with Crippen LogP contribution in [0.25, 0.3) is 10.9 Å². The number of aromatic nitrogens is 3. The predicted molar refractivity (Wildman–Crippen MR) is 234 cm³/mol. The summed E-state index contributed by atoms with van der Waals surface area (Å²) < 4.78 is 23.0. The van der Waals surface area contributed by atoms with Gasteiger partial charge in [0.1, 0.15) is 11.1 Å². The van der Waals surface area contributed by atoms with Crippen LogP contribution in [0.3, 0.4) is 0 Å². The second-order valence-corrected chi connectivity index (χ2v) is 17.6. The number of nitrogens with one attached hydrogen (secondary N) is 4. The molecule has 4 aromatic rings. The van der Waals surface area contributed by atoms with Crippen LogP contribution < -0.4 is 41.4 Å². The average Bonchev–Trinajstić information content (AvgIpc) is 3.24. The Kier molecular flexibility index (Phi) is 12.4. The fourth-order valence-electron chi connectivity index (χ4n) is 9.22. The van der Waals surface area contributed by atoms with Crippen LogP contribution in [0.1, 0.15) is 68.8 Å². The van der Waals surface area contributed by atoms with Crippen molar-refractivity contribution in [2.75, 3.05) is 74.6 Å². The lowest BCUT2D eigenvalue weighted by Crippen LogP contribution is -2.61. The number of carbonyl (C=O) groups excluding carboxylic acids is 4. The lowest BCUT2D eigenvalue weighted by atomic mass is 9.71. The van der Waals surface area contributed by atoms with E-state index in [0.29, 0.717) is 47.2 Å². The molecule has 4 aliphatic rings. The molecule has 1 spiro atoms. The van der Waals surface area contributed by atoms with E-state index in [0.717, 1.165) is 69.3 Å². The first-order valence-corrected chi connectivity index (χ1v) is 21.6. The van der Waals surface area contributed by atoms with Crippen LogP contribution in [0, 0.1) is 17.2 Å². The lowest BCUT2D eigenvalue weighted by molar-refractivity contribution is -0.134. The van der Waals surface area contributed by atoms with Gasteiger partial charge >= 0.3 is 0 Å². The van der Waals surface area contributed by atoms with Crippen molar-refractivity contribution in [2.24, 2.45) is 11.3 Å². The molecule has 2 aromatic carbocycles. The van der Waals surface area contributed by atoms with Crippen molar-refractivity contribution in [2.45, 2.75) is 64.5 Å². The highest BCUT2D eigenvalue weighted by molar-refractivity contribution is 6.33. The fraction of sp³-hybridized carbons (Fsp3) is 0.477. The quantitative estimate of drug-likeness (QED) is 0.148. The number of pyridine rings is 1. The molecule has 4 aliphatic heterocycles. The van der Waals surface area contributed by atoms with Crippen LogP contribution in [0.2, 0.25) is 5.02 Å². The van der Waals surface area contributed by atoms with Gasteiger partial charge in [0.15, 0.2) is 24.0 Å². The highest BCUT2D eigenvalue weighted by Crippen LogP contribution is 2.42. The summed E-state index contributed by atoms with van der Waals surface area (Å²) in [4.78, 5) is 77.8. The number of likely N-dealkylation sites (tertiary alicyclic amines) is 1. The van der Waals surface area contributed by atoms with Crippen LogP contribution in [0.5, 0.6) is 5.75 Å². The number of anilines is 4. The van der Waals surface area contributed by atoms with E-state index >= 15 is 4.39 Å². The van der Waals surface area contributed by atoms with E-state index in [1.165, 1.54) is 13.1 Å². The Morgan fingerprint density at radius 1 is 1.02 bits per heavy atom. The zero-order valence-corrected chi connectivity index (χ0v) is 35.9. The van der Waals surface area contributed by atoms with E-state index in [1.54, 1.807) is 29.0 Å². The zero-order chi connectivity index (χ0) is 43.7. The normalized spacial score (nSPS) is 19.4. The van der Waals surface area contributed by atoms with E-state index in [-0.39, 0.29) is 59.6 Å². The molecule has 2 aromatic heterocycles. The number of ether oxygens (including phenoxy) is 1. The maximum Gasteiger partial charge on any atom is 0.293 e. The topological polar surface area (TPSA) is 183 Å². The van der Waals surface area contributed by atoms with Crippen LogP contribution in [0.4, 0.5) is 27.5 Å². The molecule has 4 N–H and O–H groups in total. The van der Waals surface area contributed by atoms with Gasteiger partial charge < -0.3 is 40.0 Å². The van der Waals surface area contributed by atoms with Gasteiger partial charge in [-0.2, -0.15) is 4.98 Å². The molecule has 1 atom stereocenters. The third-order valence-electron chi connectivity index (χ3n) is 12.6. The monoisotopic (exact) mass is 870 g/mol. The van der Waals surface area contributed by atoms with E-state index in [2.05, 4.69) is 36.1 Å². The highest BCUT2D eigenvalue weighted by Gasteiger charge is 2.45. The molecule has 0 radical (unpaired) electrons. The molecule has 4 saturated heterocycles. The van der Waals surface area contributed by atoms with Gasteiger partial charge in [-0.05, 0) is 93.7 Å². The minimum absolute atomic E-state index is 0.0878. The van der Waals surface area contributed by atoms with Crippen LogP contribution in [0.15, 0.2) is 53.5 Å². The molecule has 1 unspecified atom stereocenters. The summed E-state index contributed by atoms with van der Waals surface area (Å²) >= 11 is 6.61. The number of fused-ring (bicyclic) bond motifs is 1. The Balaban J connectivity index is 0.825. The molecule has 16 nitrogen and oxygen atoms in total. The van der Waals surface area contributed by atoms with Crippen molar-refractivity contribution < 1.29 is 28.3 Å². The molecule has 4 amide bonds. The van der Waals surface area contributed by atoms with Crippen molar-refractivity contribution in [1.82, 2.24) is 35.4 Å². The second kappa shape index (κ2) is 17.9. The first-order valence-electron chi connectivity index (χ1n) is 21.3. The number of benzene rings is 2. The molecular formula is C44H52ClFN10O6. The maximum atomic E-state index is 15.7. The predicted octanol–water partition coefficient (Wildman–Crippen LogP) is 4.39. The molecule has 0 aliphatic carbocycles. The van der Waals surface area contributed by atoms with Gasteiger partial charge in [0.25, 0.3) is 17.4 Å². The molecule has 18 heteroatoms. The van der Waals surface area contributed by atoms with Gasteiger partial charge in [-0.1, -0.05) is 17.7 Å². The van der Waals surface area contributed by atoms with Gasteiger partial charge in [-0.15, -0.1) is 0 Å². The maximum absolute atomic E-state index is 15.7.